The van der Waals surface area contributed by atoms with Crippen LogP contribution in [0.1, 0.15) is 5.56 Å². The Bertz CT molecular complexity index is 853. The van der Waals surface area contributed by atoms with Crippen LogP contribution in [-0.2, 0) is 6.42 Å². The number of rotatable bonds is 1. The van der Waals surface area contributed by atoms with Crippen LogP contribution in [0.3, 0.4) is 0 Å². The zero-order valence-electron chi connectivity index (χ0n) is 10.7. The predicted octanol–water partition coefficient (Wildman–Crippen LogP) is 2.32. The summed E-state index contributed by atoms with van der Waals surface area (Å²) in [6.07, 6.45) is 2.37. The van der Waals surface area contributed by atoms with Gasteiger partial charge < -0.3 is 4.74 Å². The minimum absolute atomic E-state index is 0.01000. The van der Waals surface area contributed by atoms with E-state index in [-0.39, 0.29) is 5.56 Å². The van der Waals surface area contributed by atoms with Gasteiger partial charge in [-0.25, -0.2) is 0 Å². The molecular formula is C16H12N2O2. The van der Waals surface area contributed by atoms with Crippen LogP contribution in [0.2, 0.25) is 0 Å². The highest BCUT2D eigenvalue weighted by atomic mass is 16.5. The summed E-state index contributed by atoms with van der Waals surface area (Å²) in [7, 11) is 0. The second-order valence-electron chi connectivity index (χ2n) is 4.75. The second kappa shape index (κ2) is 4.20. The van der Waals surface area contributed by atoms with E-state index in [1.807, 2.05) is 42.5 Å². The number of aromatic nitrogens is 2. The van der Waals surface area contributed by atoms with Crippen LogP contribution in [0.25, 0.3) is 16.7 Å². The highest BCUT2D eigenvalue weighted by molar-refractivity contribution is 5.84. The number of hydrogen-bond acceptors (Lipinski definition) is 3. The number of nitrogens with zero attached hydrogens (tertiary/aromatic N) is 2. The summed E-state index contributed by atoms with van der Waals surface area (Å²) >= 11 is 0. The molecule has 4 rings (SSSR count). The molecule has 1 aromatic carbocycles. The predicted molar refractivity (Wildman–Crippen MR) is 76.5 cm³/mol. The lowest BCUT2D eigenvalue weighted by atomic mass is 10.1. The number of fused-ring (bicyclic) bond motifs is 3. The van der Waals surface area contributed by atoms with Crippen LogP contribution in [-0.4, -0.2) is 16.2 Å². The van der Waals surface area contributed by atoms with Gasteiger partial charge in [-0.1, -0.05) is 18.2 Å². The first kappa shape index (κ1) is 11.2. The molecule has 0 atom stereocenters. The molecule has 3 heterocycles. The zero-order valence-corrected chi connectivity index (χ0v) is 10.7. The van der Waals surface area contributed by atoms with Crippen molar-refractivity contribution < 1.29 is 4.74 Å². The van der Waals surface area contributed by atoms with E-state index in [1.165, 1.54) is 0 Å². The van der Waals surface area contributed by atoms with E-state index in [4.69, 9.17) is 4.74 Å². The van der Waals surface area contributed by atoms with E-state index in [0.29, 0.717) is 18.8 Å². The molecule has 1 aliphatic rings. The van der Waals surface area contributed by atoms with Crippen molar-refractivity contribution in [3.63, 3.8) is 0 Å². The molecule has 0 aliphatic carbocycles. The summed E-state index contributed by atoms with van der Waals surface area (Å²) in [6, 6.07) is 13.4. The van der Waals surface area contributed by atoms with Gasteiger partial charge in [0.05, 0.1) is 17.7 Å². The Labute approximate surface area is 115 Å². The third-order valence-corrected chi connectivity index (χ3v) is 3.59. The highest BCUT2D eigenvalue weighted by Gasteiger charge is 2.23. The molecule has 0 fully saturated rings. The summed E-state index contributed by atoms with van der Waals surface area (Å²) in [4.78, 5) is 17.1. The Hall–Kier alpha value is -2.62. The average molecular weight is 264 g/mol. The second-order valence-corrected chi connectivity index (χ2v) is 4.75. The fourth-order valence-electron chi connectivity index (χ4n) is 2.70. The van der Waals surface area contributed by atoms with Gasteiger partial charge in [-0.3, -0.25) is 14.3 Å². The van der Waals surface area contributed by atoms with Crippen LogP contribution < -0.4 is 10.3 Å². The Balaban J connectivity index is 2.19. The third kappa shape index (κ3) is 1.48. The van der Waals surface area contributed by atoms with Crippen molar-refractivity contribution in [1.29, 1.82) is 0 Å². The maximum atomic E-state index is 12.7. The van der Waals surface area contributed by atoms with Crippen molar-refractivity contribution >= 4 is 11.0 Å². The summed E-state index contributed by atoms with van der Waals surface area (Å²) in [5.74, 6) is 0.651. The first-order valence-corrected chi connectivity index (χ1v) is 6.57. The van der Waals surface area contributed by atoms with Crippen molar-refractivity contribution in [2.45, 2.75) is 6.42 Å². The molecule has 0 N–H and O–H groups in total. The van der Waals surface area contributed by atoms with Gasteiger partial charge in [-0.15, -0.1) is 0 Å². The first-order chi connectivity index (χ1) is 9.86. The van der Waals surface area contributed by atoms with E-state index in [2.05, 4.69) is 4.98 Å². The van der Waals surface area contributed by atoms with Gasteiger partial charge in [0.15, 0.2) is 5.75 Å². The molecule has 4 nitrogen and oxygen atoms in total. The fourth-order valence-corrected chi connectivity index (χ4v) is 2.70. The van der Waals surface area contributed by atoms with Crippen molar-refractivity contribution in [3.8, 4) is 11.4 Å². The summed E-state index contributed by atoms with van der Waals surface area (Å²) in [5, 5.41) is 0. The summed E-state index contributed by atoms with van der Waals surface area (Å²) in [5.41, 5.74) is 3.10. The maximum Gasteiger partial charge on any atom is 0.262 e. The number of pyridine rings is 2. The van der Waals surface area contributed by atoms with E-state index in [1.54, 1.807) is 10.8 Å². The van der Waals surface area contributed by atoms with Crippen LogP contribution in [0.15, 0.2) is 53.5 Å². The Morgan fingerprint density at radius 3 is 2.80 bits per heavy atom. The smallest absolute Gasteiger partial charge is 0.262 e. The standard InChI is InChI=1S/C16H12N2O2/c19-16-12-8-10-20-15(12)14-13(7-4-9-17-14)18(16)11-5-2-1-3-6-11/h1-7,9H,8,10H2. The van der Waals surface area contributed by atoms with E-state index >= 15 is 0 Å². The van der Waals surface area contributed by atoms with Crippen molar-refractivity contribution in [2.75, 3.05) is 6.61 Å². The molecule has 0 amide bonds. The fraction of sp³-hybridized carbons (Fsp3) is 0.125. The van der Waals surface area contributed by atoms with Crippen LogP contribution >= 0.6 is 0 Å². The molecular weight excluding hydrogens is 252 g/mol. The highest BCUT2D eigenvalue weighted by Crippen LogP contribution is 2.30. The van der Waals surface area contributed by atoms with E-state index in [0.717, 1.165) is 22.3 Å². The Kier molecular flexibility index (Phi) is 2.36. The molecule has 0 unspecified atom stereocenters. The normalized spacial score (nSPS) is 13.2. The topological polar surface area (TPSA) is 44.1 Å². The number of ether oxygens (including phenoxy) is 1. The molecule has 0 saturated heterocycles. The largest absolute Gasteiger partial charge is 0.490 e. The van der Waals surface area contributed by atoms with Crippen LogP contribution in [0, 0.1) is 0 Å². The van der Waals surface area contributed by atoms with Gasteiger partial charge in [0.1, 0.15) is 5.52 Å². The first-order valence-electron chi connectivity index (χ1n) is 6.57. The van der Waals surface area contributed by atoms with Gasteiger partial charge >= 0.3 is 0 Å². The maximum absolute atomic E-state index is 12.7. The molecule has 1 aliphatic heterocycles. The molecule has 20 heavy (non-hydrogen) atoms. The van der Waals surface area contributed by atoms with Gasteiger partial charge in [-0.2, -0.15) is 0 Å². The quantitative estimate of drug-likeness (QED) is 0.677. The summed E-state index contributed by atoms with van der Waals surface area (Å²) < 4.78 is 7.33. The lowest BCUT2D eigenvalue weighted by molar-refractivity contribution is 0.359. The van der Waals surface area contributed by atoms with Gasteiger partial charge in [0.2, 0.25) is 0 Å². The molecule has 4 heteroatoms. The average Bonchev–Trinajstić information content (AvgIpc) is 2.99. The molecule has 98 valence electrons. The van der Waals surface area contributed by atoms with Gasteiger partial charge in [0, 0.05) is 18.3 Å². The van der Waals surface area contributed by atoms with Gasteiger partial charge in [0.25, 0.3) is 5.56 Å². The van der Waals surface area contributed by atoms with E-state index in [9.17, 15) is 4.79 Å². The Morgan fingerprint density at radius 2 is 1.95 bits per heavy atom. The lowest BCUT2D eigenvalue weighted by Gasteiger charge is -2.12. The molecule has 3 aromatic rings. The van der Waals surface area contributed by atoms with Crippen molar-refractivity contribution in [2.24, 2.45) is 0 Å². The minimum Gasteiger partial charge on any atom is -0.490 e. The van der Waals surface area contributed by atoms with Gasteiger partial charge in [-0.05, 0) is 24.3 Å². The van der Waals surface area contributed by atoms with Crippen molar-refractivity contribution in [3.05, 3.63) is 64.6 Å². The third-order valence-electron chi connectivity index (χ3n) is 3.59. The minimum atomic E-state index is -0.01000. The molecule has 2 aromatic heterocycles. The zero-order chi connectivity index (χ0) is 13.5. The number of para-hydroxylation sites is 1. The molecule has 0 spiro atoms. The van der Waals surface area contributed by atoms with Crippen LogP contribution in [0.5, 0.6) is 5.75 Å². The SMILES string of the molecule is O=c1c2c(c3ncccc3n1-c1ccccc1)OCC2. The van der Waals surface area contributed by atoms with Crippen LogP contribution in [0.4, 0.5) is 0 Å². The molecule has 0 radical (unpaired) electrons. The monoisotopic (exact) mass is 264 g/mol. The van der Waals surface area contributed by atoms with Crippen molar-refractivity contribution in [1.82, 2.24) is 9.55 Å². The molecule has 0 saturated carbocycles. The number of benzene rings is 1. The summed E-state index contributed by atoms with van der Waals surface area (Å²) in [6.45, 7) is 0.551. The lowest BCUT2D eigenvalue weighted by Crippen LogP contribution is -2.22. The van der Waals surface area contributed by atoms with E-state index < -0.39 is 0 Å². The number of hydrogen-bond donors (Lipinski definition) is 0. The molecule has 0 bridgehead atoms. The Morgan fingerprint density at radius 1 is 1.10 bits per heavy atom.